The summed E-state index contributed by atoms with van der Waals surface area (Å²) in [6.45, 7) is 1.13. The lowest BCUT2D eigenvalue weighted by Gasteiger charge is -2.18. The summed E-state index contributed by atoms with van der Waals surface area (Å²) in [4.78, 5) is 10.3. The van der Waals surface area contributed by atoms with Gasteiger partial charge in [-0.15, -0.1) is 0 Å². The average molecular weight is 320 g/mol. The maximum Gasteiger partial charge on any atom is 0.269 e. The van der Waals surface area contributed by atoms with Crippen LogP contribution < -0.4 is 0 Å². The van der Waals surface area contributed by atoms with Gasteiger partial charge in [0.2, 0.25) is 10.0 Å². The van der Waals surface area contributed by atoms with Crippen molar-refractivity contribution in [2.75, 3.05) is 13.1 Å². The molecule has 0 aromatic heterocycles. The predicted molar refractivity (Wildman–Crippen MR) is 79.6 cm³/mol. The minimum Gasteiger partial charge on any atom is -0.258 e. The lowest BCUT2D eigenvalue weighted by molar-refractivity contribution is -0.384. The van der Waals surface area contributed by atoms with E-state index in [-0.39, 0.29) is 10.6 Å². The van der Waals surface area contributed by atoms with E-state index in [0.717, 1.165) is 0 Å². The van der Waals surface area contributed by atoms with Crippen molar-refractivity contribution in [3.05, 3.63) is 46.5 Å². The van der Waals surface area contributed by atoms with Gasteiger partial charge in [0.1, 0.15) is 0 Å². The van der Waals surface area contributed by atoms with Crippen LogP contribution in [0.25, 0.3) is 0 Å². The summed E-state index contributed by atoms with van der Waals surface area (Å²) >= 11 is 0. The molecule has 1 saturated carbocycles. The maximum atomic E-state index is 12.7. The number of nitro groups is 1. The Morgan fingerprint density at radius 1 is 1.05 bits per heavy atom. The third-order valence-electron chi connectivity index (χ3n) is 5.31. The predicted octanol–water partition coefficient (Wildman–Crippen LogP) is 2.04. The highest BCUT2D eigenvalue weighted by Gasteiger charge is 2.51. The number of nitrogens with zero attached hydrogens (tertiary/aromatic N) is 2. The van der Waals surface area contributed by atoms with Gasteiger partial charge in [-0.3, -0.25) is 10.1 Å². The molecule has 2 aliphatic carbocycles. The fraction of sp³-hybridized carbons (Fsp3) is 0.467. The maximum absolute atomic E-state index is 12.7. The first kappa shape index (κ1) is 13.9. The van der Waals surface area contributed by atoms with Crippen LogP contribution in [0, 0.1) is 33.8 Å². The zero-order valence-electron chi connectivity index (χ0n) is 11.8. The number of hydrogen-bond acceptors (Lipinski definition) is 4. The van der Waals surface area contributed by atoms with Gasteiger partial charge in [-0.1, -0.05) is 12.2 Å². The van der Waals surface area contributed by atoms with Crippen LogP contribution in [0.5, 0.6) is 0 Å². The van der Waals surface area contributed by atoms with Crippen LogP contribution in [0.3, 0.4) is 0 Å². The molecule has 1 heterocycles. The highest BCUT2D eigenvalue weighted by atomic mass is 32.2. The van der Waals surface area contributed by atoms with Gasteiger partial charge in [0.25, 0.3) is 5.69 Å². The molecule has 7 heteroatoms. The third-order valence-corrected chi connectivity index (χ3v) is 7.16. The normalized spacial score (nSPS) is 33.3. The second-order valence-electron chi connectivity index (χ2n) is 6.35. The Kier molecular flexibility index (Phi) is 2.93. The fourth-order valence-corrected chi connectivity index (χ4v) is 5.71. The summed E-state index contributed by atoms with van der Waals surface area (Å²) in [6.07, 6.45) is 5.63. The van der Waals surface area contributed by atoms with E-state index in [4.69, 9.17) is 0 Å². The van der Waals surface area contributed by atoms with Gasteiger partial charge in [-0.05, 0) is 42.2 Å². The smallest absolute Gasteiger partial charge is 0.258 e. The van der Waals surface area contributed by atoms with Gasteiger partial charge in [-0.2, -0.15) is 4.31 Å². The van der Waals surface area contributed by atoms with Gasteiger partial charge in [-0.25, -0.2) is 8.42 Å². The van der Waals surface area contributed by atoms with Crippen LogP contribution in [0.1, 0.15) is 6.42 Å². The first-order chi connectivity index (χ1) is 10.5. The molecule has 1 saturated heterocycles. The number of fused-ring (bicyclic) bond motifs is 5. The van der Waals surface area contributed by atoms with E-state index in [1.54, 1.807) is 4.31 Å². The Morgan fingerprint density at radius 2 is 1.59 bits per heavy atom. The number of benzene rings is 1. The van der Waals surface area contributed by atoms with Crippen molar-refractivity contribution in [3.63, 3.8) is 0 Å². The lowest BCUT2D eigenvalue weighted by Crippen LogP contribution is -2.30. The summed E-state index contributed by atoms with van der Waals surface area (Å²) in [5.41, 5.74) is -0.0977. The zero-order valence-corrected chi connectivity index (χ0v) is 12.6. The van der Waals surface area contributed by atoms with Crippen LogP contribution in [0.2, 0.25) is 0 Å². The van der Waals surface area contributed by atoms with Crippen LogP contribution in [0.4, 0.5) is 5.69 Å². The lowest BCUT2D eigenvalue weighted by atomic mass is 9.86. The summed E-state index contributed by atoms with van der Waals surface area (Å²) in [6, 6.07) is 5.15. The van der Waals surface area contributed by atoms with Crippen molar-refractivity contribution in [2.45, 2.75) is 11.3 Å². The number of nitro benzene ring substituents is 1. The summed E-state index contributed by atoms with van der Waals surface area (Å²) in [5, 5.41) is 10.7. The molecule has 4 atom stereocenters. The second-order valence-corrected chi connectivity index (χ2v) is 8.29. The van der Waals surface area contributed by atoms with E-state index in [1.165, 1.54) is 30.7 Å². The molecule has 4 rings (SSSR count). The monoisotopic (exact) mass is 320 g/mol. The van der Waals surface area contributed by atoms with Gasteiger partial charge in [0, 0.05) is 25.2 Å². The number of allylic oxidation sites excluding steroid dienone is 2. The number of hydrogen-bond donors (Lipinski definition) is 0. The van der Waals surface area contributed by atoms with Crippen molar-refractivity contribution >= 4 is 15.7 Å². The Balaban J connectivity index is 1.58. The molecule has 1 aromatic rings. The zero-order chi connectivity index (χ0) is 15.5. The minimum atomic E-state index is -3.56. The Morgan fingerprint density at radius 3 is 2.09 bits per heavy atom. The number of rotatable bonds is 3. The molecule has 6 nitrogen and oxygen atoms in total. The molecule has 0 amide bonds. The van der Waals surface area contributed by atoms with E-state index in [0.29, 0.717) is 36.8 Å². The Labute approximate surface area is 128 Å². The molecule has 1 aromatic carbocycles. The van der Waals surface area contributed by atoms with Crippen molar-refractivity contribution in [1.29, 1.82) is 0 Å². The fourth-order valence-electron chi connectivity index (χ4n) is 4.20. The average Bonchev–Trinajstić information content (AvgIpc) is 3.19. The topological polar surface area (TPSA) is 80.5 Å². The highest BCUT2D eigenvalue weighted by molar-refractivity contribution is 7.89. The van der Waals surface area contributed by atoms with E-state index in [2.05, 4.69) is 12.2 Å². The standard InChI is InChI=1S/C15H16N2O4S/c18-17(19)12-3-5-13(6-4-12)22(20,21)16-8-14-10-1-2-11(7-10)15(14)9-16/h1-6,10-11,14-15H,7-9H2. The molecule has 3 aliphatic rings. The van der Waals surface area contributed by atoms with Crippen molar-refractivity contribution in [1.82, 2.24) is 4.31 Å². The molecule has 0 radical (unpaired) electrons. The Bertz CT molecular complexity index is 736. The molecular weight excluding hydrogens is 304 g/mol. The van der Waals surface area contributed by atoms with E-state index in [1.807, 2.05) is 0 Å². The number of sulfonamides is 1. The molecule has 22 heavy (non-hydrogen) atoms. The van der Waals surface area contributed by atoms with Crippen molar-refractivity contribution in [3.8, 4) is 0 Å². The van der Waals surface area contributed by atoms with E-state index < -0.39 is 14.9 Å². The molecule has 4 unspecified atom stereocenters. The Hall–Kier alpha value is -1.73. The second kappa shape index (κ2) is 4.63. The van der Waals surface area contributed by atoms with Crippen LogP contribution >= 0.6 is 0 Å². The first-order valence-corrected chi connectivity index (χ1v) is 8.84. The number of non-ortho nitro benzene ring substituents is 1. The first-order valence-electron chi connectivity index (χ1n) is 7.40. The quantitative estimate of drug-likeness (QED) is 0.485. The van der Waals surface area contributed by atoms with E-state index in [9.17, 15) is 18.5 Å². The van der Waals surface area contributed by atoms with Crippen LogP contribution in [0.15, 0.2) is 41.3 Å². The summed E-state index contributed by atoms with van der Waals surface area (Å²) in [5.74, 6) is 1.91. The largest absolute Gasteiger partial charge is 0.269 e. The van der Waals surface area contributed by atoms with Gasteiger partial charge in [0.05, 0.1) is 9.82 Å². The van der Waals surface area contributed by atoms with Crippen LogP contribution in [-0.4, -0.2) is 30.7 Å². The molecule has 2 bridgehead atoms. The van der Waals surface area contributed by atoms with Crippen molar-refractivity contribution in [2.24, 2.45) is 23.7 Å². The third kappa shape index (κ3) is 1.92. The molecule has 116 valence electrons. The molecule has 1 aliphatic heterocycles. The highest BCUT2D eigenvalue weighted by Crippen LogP contribution is 2.52. The van der Waals surface area contributed by atoms with Crippen molar-refractivity contribution < 1.29 is 13.3 Å². The minimum absolute atomic E-state index is 0.0977. The van der Waals surface area contributed by atoms with Gasteiger partial charge < -0.3 is 0 Å². The van der Waals surface area contributed by atoms with Crippen LogP contribution in [-0.2, 0) is 10.0 Å². The molecule has 0 N–H and O–H groups in total. The van der Waals surface area contributed by atoms with Gasteiger partial charge in [0.15, 0.2) is 0 Å². The summed E-state index contributed by atoms with van der Waals surface area (Å²) in [7, 11) is -3.56. The van der Waals surface area contributed by atoms with E-state index >= 15 is 0 Å². The summed E-state index contributed by atoms with van der Waals surface area (Å²) < 4.78 is 27.0. The SMILES string of the molecule is O=[N+]([O-])c1ccc(S(=O)(=O)N2CC3C4C=CC(C4)C3C2)cc1. The van der Waals surface area contributed by atoms with Gasteiger partial charge >= 0.3 is 0 Å². The molecule has 2 fully saturated rings. The molecular formula is C15H16N2O4S. The molecule has 0 spiro atoms.